The fourth-order valence-electron chi connectivity index (χ4n) is 1.92. The van der Waals surface area contributed by atoms with E-state index >= 15 is 0 Å². The Hall–Kier alpha value is -1.49. The van der Waals surface area contributed by atoms with Gasteiger partial charge in [-0.25, -0.2) is 8.78 Å². The van der Waals surface area contributed by atoms with Crippen LogP contribution in [0.4, 0.5) is 8.78 Å². The molecule has 17 heavy (non-hydrogen) atoms. The number of amides is 1. The first-order valence-electron chi connectivity index (χ1n) is 5.38. The van der Waals surface area contributed by atoms with Crippen molar-refractivity contribution in [1.29, 1.82) is 0 Å². The van der Waals surface area contributed by atoms with Crippen LogP contribution in [0.15, 0.2) is 18.2 Å². The van der Waals surface area contributed by atoms with Gasteiger partial charge in [0.15, 0.2) is 11.6 Å². The summed E-state index contributed by atoms with van der Waals surface area (Å²) in [5, 5.41) is 2.97. The molecule has 0 spiro atoms. The fourth-order valence-corrected chi connectivity index (χ4v) is 1.92. The SMILES string of the molecule is CCNC(C)(CC(N)=O)c1cccc(F)c1F. The van der Waals surface area contributed by atoms with Gasteiger partial charge in [0.1, 0.15) is 0 Å². The molecule has 94 valence electrons. The van der Waals surface area contributed by atoms with Gasteiger partial charge in [0.2, 0.25) is 5.91 Å². The molecule has 0 radical (unpaired) electrons. The van der Waals surface area contributed by atoms with E-state index in [2.05, 4.69) is 5.32 Å². The predicted octanol–water partition coefficient (Wildman–Crippen LogP) is 1.66. The van der Waals surface area contributed by atoms with Gasteiger partial charge in [-0.3, -0.25) is 4.79 Å². The molecule has 1 atom stereocenters. The Labute approximate surface area is 99.0 Å². The van der Waals surface area contributed by atoms with Gasteiger partial charge in [-0.2, -0.15) is 0 Å². The summed E-state index contributed by atoms with van der Waals surface area (Å²) in [6, 6.07) is 3.89. The van der Waals surface area contributed by atoms with Crippen molar-refractivity contribution >= 4 is 5.91 Å². The number of hydrogen-bond acceptors (Lipinski definition) is 2. The molecule has 0 bridgehead atoms. The minimum atomic E-state index is -0.993. The van der Waals surface area contributed by atoms with E-state index in [1.807, 2.05) is 6.92 Å². The monoisotopic (exact) mass is 242 g/mol. The minimum absolute atomic E-state index is 0.0960. The Balaban J connectivity index is 3.21. The Morgan fingerprint density at radius 1 is 1.47 bits per heavy atom. The van der Waals surface area contributed by atoms with Crippen molar-refractivity contribution in [2.75, 3.05) is 6.54 Å². The second-order valence-electron chi connectivity index (χ2n) is 4.11. The molecule has 1 aromatic carbocycles. The maximum Gasteiger partial charge on any atom is 0.219 e. The van der Waals surface area contributed by atoms with E-state index in [1.54, 1.807) is 6.92 Å². The van der Waals surface area contributed by atoms with Gasteiger partial charge in [-0.05, 0) is 19.5 Å². The summed E-state index contributed by atoms with van der Waals surface area (Å²) in [5.41, 5.74) is 4.26. The smallest absolute Gasteiger partial charge is 0.219 e. The lowest BCUT2D eigenvalue weighted by Gasteiger charge is -2.30. The number of nitrogens with one attached hydrogen (secondary N) is 1. The Bertz CT molecular complexity index is 423. The topological polar surface area (TPSA) is 55.1 Å². The number of carbonyl (C=O) groups excluding carboxylic acids is 1. The zero-order chi connectivity index (χ0) is 13.1. The van der Waals surface area contributed by atoms with Gasteiger partial charge < -0.3 is 11.1 Å². The number of hydrogen-bond donors (Lipinski definition) is 2. The van der Waals surface area contributed by atoms with Crippen LogP contribution < -0.4 is 11.1 Å². The van der Waals surface area contributed by atoms with E-state index in [0.29, 0.717) is 6.54 Å². The molecule has 1 amide bonds. The largest absolute Gasteiger partial charge is 0.370 e. The molecule has 0 aliphatic heterocycles. The van der Waals surface area contributed by atoms with Gasteiger partial charge >= 0.3 is 0 Å². The van der Waals surface area contributed by atoms with E-state index in [0.717, 1.165) is 6.07 Å². The highest BCUT2D eigenvalue weighted by Gasteiger charge is 2.31. The summed E-state index contributed by atoms with van der Waals surface area (Å²) in [7, 11) is 0. The maximum atomic E-state index is 13.7. The third kappa shape index (κ3) is 3.00. The zero-order valence-corrected chi connectivity index (χ0v) is 9.89. The molecule has 0 fully saturated rings. The number of carbonyl (C=O) groups is 1. The average Bonchev–Trinajstić information content (AvgIpc) is 2.21. The summed E-state index contributed by atoms with van der Waals surface area (Å²) in [4.78, 5) is 11.0. The summed E-state index contributed by atoms with van der Waals surface area (Å²) in [6.07, 6.45) is -0.0960. The molecule has 0 aliphatic rings. The van der Waals surface area contributed by atoms with Crippen LogP contribution >= 0.6 is 0 Å². The second kappa shape index (κ2) is 5.23. The summed E-state index contributed by atoms with van der Waals surface area (Å²) in [6.45, 7) is 3.95. The normalized spacial score (nSPS) is 14.4. The van der Waals surface area contributed by atoms with E-state index in [4.69, 9.17) is 5.73 Å². The lowest BCUT2D eigenvalue weighted by molar-refractivity contribution is -0.119. The van der Waals surface area contributed by atoms with Crippen LogP contribution in [0.1, 0.15) is 25.8 Å². The molecule has 1 aromatic rings. The second-order valence-corrected chi connectivity index (χ2v) is 4.11. The van der Waals surface area contributed by atoms with E-state index in [1.165, 1.54) is 12.1 Å². The highest BCUT2D eigenvalue weighted by Crippen LogP contribution is 2.28. The number of primary amides is 1. The molecule has 3 nitrogen and oxygen atoms in total. The Kier molecular flexibility index (Phi) is 4.17. The van der Waals surface area contributed by atoms with Gasteiger partial charge in [-0.1, -0.05) is 19.1 Å². The van der Waals surface area contributed by atoms with Crippen molar-refractivity contribution in [3.8, 4) is 0 Å². The first-order valence-corrected chi connectivity index (χ1v) is 5.38. The molecule has 1 rings (SSSR count). The van der Waals surface area contributed by atoms with E-state index in [9.17, 15) is 13.6 Å². The van der Waals surface area contributed by atoms with Crippen LogP contribution in [0.3, 0.4) is 0 Å². The quantitative estimate of drug-likeness (QED) is 0.825. The molecule has 0 saturated heterocycles. The van der Waals surface area contributed by atoms with Crippen LogP contribution in [0.25, 0.3) is 0 Å². The molecule has 0 saturated carbocycles. The third-order valence-corrected chi connectivity index (χ3v) is 2.64. The van der Waals surface area contributed by atoms with Crippen LogP contribution in [-0.2, 0) is 10.3 Å². The molecule has 3 N–H and O–H groups in total. The molecule has 1 unspecified atom stereocenters. The molecular formula is C12H16F2N2O. The number of halogens is 2. The van der Waals surface area contributed by atoms with Gasteiger partial charge in [-0.15, -0.1) is 0 Å². The van der Waals surface area contributed by atoms with Crippen molar-refractivity contribution in [3.05, 3.63) is 35.4 Å². The van der Waals surface area contributed by atoms with Crippen LogP contribution in [0.2, 0.25) is 0 Å². The summed E-state index contributed by atoms with van der Waals surface area (Å²) < 4.78 is 26.9. The number of benzene rings is 1. The van der Waals surface area contributed by atoms with Crippen LogP contribution in [0.5, 0.6) is 0 Å². The molecular weight excluding hydrogens is 226 g/mol. The first-order chi connectivity index (χ1) is 7.90. The lowest BCUT2D eigenvalue weighted by Crippen LogP contribution is -2.43. The van der Waals surface area contributed by atoms with Gasteiger partial charge in [0, 0.05) is 12.0 Å². The molecule has 0 heterocycles. The minimum Gasteiger partial charge on any atom is -0.370 e. The number of rotatable bonds is 5. The summed E-state index contributed by atoms with van der Waals surface area (Å²) in [5.74, 6) is -2.45. The summed E-state index contributed by atoms with van der Waals surface area (Å²) >= 11 is 0. The predicted molar refractivity (Wildman–Crippen MR) is 61.2 cm³/mol. The van der Waals surface area contributed by atoms with Crippen molar-refractivity contribution < 1.29 is 13.6 Å². The average molecular weight is 242 g/mol. The lowest BCUT2D eigenvalue weighted by atomic mass is 9.87. The number of nitrogens with two attached hydrogens (primary N) is 1. The zero-order valence-electron chi connectivity index (χ0n) is 9.89. The Morgan fingerprint density at radius 2 is 2.12 bits per heavy atom. The fraction of sp³-hybridized carbons (Fsp3) is 0.417. The molecule has 5 heteroatoms. The van der Waals surface area contributed by atoms with Crippen molar-refractivity contribution in [2.45, 2.75) is 25.8 Å². The molecule has 0 aliphatic carbocycles. The third-order valence-electron chi connectivity index (χ3n) is 2.64. The van der Waals surface area contributed by atoms with E-state index < -0.39 is 23.1 Å². The van der Waals surface area contributed by atoms with Crippen molar-refractivity contribution in [1.82, 2.24) is 5.32 Å². The highest BCUT2D eigenvalue weighted by molar-refractivity contribution is 5.75. The van der Waals surface area contributed by atoms with Gasteiger partial charge in [0.05, 0.1) is 5.54 Å². The van der Waals surface area contributed by atoms with Crippen LogP contribution in [0, 0.1) is 11.6 Å². The highest BCUT2D eigenvalue weighted by atomic mass is 19.2. The van der Waals surface area contributed by atoms with Crippen LogP contribution in [-0.4, -0.2) is 12.5 Å². The molecule has 0 aromatic heterocycles. The van der Waals surface area contributed by atoms with Crippen molar-refractivity contribution in [2.24, 2.45) is 5.73 Å². The first kappa shape index (κ1) is 13.6. The Morgan fingerprint density at radius 3 is 2.65 bits per heavy atom. The van der Waals surface area contributed by atoms with Crippen molar-refractivity contribution in [3.63, 3.8) is 0 Å². The van der Waals surface area contributed by atoms with E-state index in [-0.39, 0.29) is 12.0 Å². The maximum absolute atomic E-state index is 13.7. The standard InChI is InChI=1S/C12H16F2N2O/c1-3-16-12(2,7-10(15)17)8-5-4-6-9(13)11(8)14/h4-6,16H,3,7H2,1-2H3,(H2,15,17). The van der Waals surface area contributed by atoms with Gasteiger partial charge in [0.25, 0.3) is 0 Å².